The molecule has 7 heteroatoms. The Kier molecular flexibility index (Phi) is 3.42. The molecular formula is C15H13N3O3S. The van der Waals surface area contributed by atoms with Crippen LogP contribution >= 0.6 is 0 Å². The summed E-state index contributed by atoms with van der Waals surface area (Å²) in [6.07, 6.45) is 4.08. The van der Waals surface area contributed by atoms with E-state index in [9.17, 15) is 13.2 Å². The number of carbonyl (C=O) groups excluding carboxylic acids is 1. The van der Waals surface area contributed by atoms with Gasteiger partial charge in [0.25, 0.3) is 5.91 Å². The molecule has 1 amide bonds. The van der Waals surface area contributed by atoms with Crippen molar-refractivity contribution in [2.45, 2.75) is 4.90 Å². The topological polar surface area (TPSA) is 80.5 Å². The minimum atomic E-state index is -3.30. The van der Waals surface area contributed by atoms with Crippen molar-refractivity contribution in [1.82, 2.24) is 9.38 Å². The summed E-state index contributed by atoms with van der Waals surface area (Å²) in [7, 11) is -3.30. The van der Waals surface area contributed by atoms with Crippen molar-refractivity contribution in [3.63, 3.8) is 0 Å². The minimum Gasteiger partial charge on any atom is -0.321 e. The van der Waals surface area contributed by atoms with Gasteiger partial charge in [0.15, 0.2) is 9.84 Å². The summed E-state index contributed by atoms with van der Waals surface area (Å²) in [6, 6.07) is 12.1. The van der Waals surface area contributed by atoms with E-state index >= 15 is 0 Å². The second-order valence-electron chi connectivity index (χ2n) is 4.85. The van der Waals surface area contributed by atoms with Gasteiger partial charge < -0.3 is 9.72 Å². The van der Waals surface area contributed by atoms with Crippen LogP contribution in [0.2, 0.25) is 0 Å². The number of benzene rings is 1. The Morgan fingerprint density at radius 3 is 2.50 bits per heavy atom. The number of hydrogen-bond acceptors (Lipinski definition) is 4. The molecule has 0 unspecified atom stereocenters. The Labute approximate surface area is 127 Å². The van der Waals surface area contributed by atoms with E-state index in [4.69, 9.17) is 0 Å². The van der Waals surface area contributed by atoms with Crippen LogP contribution in [0.1, 0.15) is 10.5 Å². The fraction of sp³-hybridized carbons (Fsp3) is 0.0667. The third-order valence-electron chi connectivity index (χ3n) is 3.12. The first-order chi connectivity index (χ1) is 10.4. The molecule has 22 heavy (non-hydrogen) atoms. The number of nitrogens with one attached hydrogen (secondary N) is 1. The summed E-state index contributed by atoms with van der Waals surface area (Å²) in [5.74, 6) is -0.351. The van der Waals surface area contributed by atoms with Gasteiger partial charge in [-0.25, -0.2) is 13.4 Å². The number of sulfone groups is 1. The number of aromatic nitrogens is 2. The molecule has 112 valence electrons. The first-order valence-corrected chi connectivity index (χ1v) is 8.38. The lowest BCUT2D eigenvalue weighted by atomic mass is 10.3. The molecule has 0 fully saturated rings. The van der Waals surface area contributed by atoms with Crippen LogP contribution in [0.4, 0.5) is 5.69 Å². The van der Waals surface area contributed by atoms with Gasteiger partial charge in [-0.3, -0.25) is 4.79 Å². The molecule has 0 saturated carbocycles. The van der Waals surface area contributed by atoms with Crippen LogP contribution in [0.25, 0.3) is 5.65 Å². The quantitative estimate of drug-likeness (QED) is 0.801. The molecule has 3 rings (SSSR count). The SMILES string of the molecule is CS(=O)(=O)c1ccc2nc(C(=O)Nc3ccccc3)cn2c1. The van der Waals surface area contributed by atoms with E-state index in [1.165, 1.54) is 22.9 Å². The molecule has 0 atom stereocenters. The van der Waals surface area contributed by atoms with Crippen molar-refractivity contribution < 1.29 is 13.2 Å². The van der Waals surface area contributed by atoms with Crippen molar-refractivity contribution in [2.75, 3.05) is 11.6 Å². The van der Waals surface area contributed by atoms with Crippen LogP contribution < -0.4 is 5.32 Å². The van der Waals surface area contributed by atoms with Crippen LogP contribution in [0.5, 0.6) is 0 Å². The van der Waals surface area contributed by atoms with E-state index in [1.807, 2.05) is 18.2 Å². The summed E-state index contributed by atoms with van der Waals surface area (Å²) in [5.41, 5.74) is 1.39. The average Bonchev–Trinajstić information content (AvgIpc) is 2.90. The fourth-order valence-corrected chi connectivity index (χ4v) is 2.64. The molecule has 1 aromatic carbocycles. The molecule has 0 bridgehead atoms. The molecule has 2 heterocycles. The van der Waals surface area contributed by atoms with Gasteiger partial charge in [0.1, 0.15) is 11.3 Å². The number of rotatable bonds is 3. The Morgan fingerprint density at radius 2 is 1.82 bits per heavy atom. The summed E-state index contributed by atoms with van der Waals surface area (Å²) < 4.78 is 24.6. The highest BCUT2D eigenvalue weighted by Gasteiger charge is 2.13. The highest BCUT2D eigenvalue weighted by Crippen LogP contribution is 2.13. The van der Waals surface area contributed by atoms with Gasteiger partial charge in [0, 0.05) is 24.3 Å². The predicted octanol–water partition coefficient (Wildman–Crippen LogP) is 1.99. The standard InChI is InChI=1S/C15H13N3O3S/c1-22(20,21)12-7-8-14-17-13(10-18(14)9-12)15(19)16-11-5-3-2-4-6-11/h2-10H,1H3,(H,16,19). The molecule has 1 N–H and O–H groups in total. The number of amides is 1. The normalized spacial score (nSPS) is 11.5. The second-order valence-corrected chi connectivity index (χ2v) is 6.86. The van der Waals surface area contributed by atoms with Gasteiger partial charge in [-0.15, -0.1) is 0 Å². The minimum absolute atomic E-state index is 0.174. The first-order valence-electron chi connectivity index (χ1n) is 6.49. The summed E-state index contributed by atoms with van der Waals surface area (Å²) >= 11 is 0. The summed E-state index contributed by atoms with van der Waals surface area (Å²) in [5, 5.41) is 2.73. The molecule has 0 radical (unpaired) electrons. The number of hydrogen-bond donors (Lipinski definition) is 1. The number of para-hydroxylation sites is 1. The zero-order chi connectivity index (χ0) is 15.7. The Hall–Kier alpha value is -2.67. The zero-order valence-corrected chi connectivity index (χ0v) is 12.5. The molecule has 0 saturated heterocycles. The molecule has 0 spiro atoms. The van der Waals surface area contributed by atoms with E-state index in [-0.39, 0.29) is 16.5 Å². The lowest BCUT2D eigenvalue weighted by Crippen LogP contribution is -2.11. The predicted molar refractivity (Wildman–Crippen MR) is 82.7 cm³/mol. The van der Waals surface area contributed by atoms with Crippen LogP contribution in [0.3, 0.4) is 0 Å². The van der Waals surface area contributed by atoms with Crippen molar-refractivity contribution in [2.24, 2.45) is 0 Å². The molecule has 2 aromatic heterocycles. The van der Waals surface area contributed by atoms with Gasteiger partial charge in [0.05, 0.1) is 4.90 Å². The van der Waals surface area contributed by atoms with Gasteiger partial charge >= 0.3 is 0 Å². The molecular weight excluding hydrogens is 302 g/mol. The number of pyridine rings is 1. The molecule has 0 aliphatic rings. The van der Waals surface area contributed by atoms with Crippen molar-refractivity contribution >= 4 is 27.1 Å². The number of carbonyl (C=O) groups is 1. The van der Waals surface area contributed by atoms with Crippen LogP contribution in [0.15, 0.2) is 59.8 Å². The van der Waals surface area contributed by atoms with E-state index in [0.717, 1.165) is 6.26 Å². The maximum atomic E-state index is 12.2. The molecule has 0 aliphatic carbocycles. The van der Waals surface area contributed by atoms with Crippen molar-refractivity contribution in [3.8, 4) is 0 Å². The monoisotopic (exact) mass is 315 g/mol. The van der Waals surface area contributed by atoms with Crippen LogP contribution in [-0.4, -0.2) is 30.0 Å². The van der Waals surface area contributed by atoms with Gasteiger partial charge in [-0.2, -0.15) is 0 Å². The largest absolute Gasteiger partial charge is 0.321 e. The Bertz CT molecular complexity index is 947. The van der Waals surface area contributed by atoms with Crippen molar-refractivity contribution in [3.05, 3.63) is 60.6 Å². The van der Waals surface area contributed by atoms with E-state index in [1.54, 1.807) is 18.2 Å². The van der Waals surface area contributed by atoms with E-state index in [0.29, 0.717) is 11.3 Å². The number of anilines is 1. The van der Waals surface area contributed by atoms with Gasteiger partial charge in [0.2, 0.25) is 0 Å². The molecule has 3 aromatic rings. The second kappa shape index (κ2) is 5.27. The highest BCUT2D eigenvalue weighted by molar-refractivity contribution is 7.90. The Morgan fingerprint density at radius 1 is 1.09 bits per heavy atom. The number of imidazole rings is 1. The molecule has 6 nitrogen and oxygen atoms in total. The Balaban J connectivity index is 1.93. The fourth-order valence-electron chi connectivity index (χ4n) is 2.02. The molecule has 0 aliphatic heterocycles. The van der Waals surface area contributed by atoms with E-state index < -0.39 is 9.84 Å². The van der Waals surface area contributed by atoms with Crippen LogP contribution in [0, 0.1) is 0 Å². The highest BCUT2D eigenvalue weighted by atomic mass is 32.2. The van der Waals surface area contributed by atoms with Crippen LogP contribution in [-0.2, 0) is 9.84 Å². The van der Waals surface area contributed by atoms with Gasteiger partial charge in [-0.05, 0) is 24.3 Å². The lowest BCUT2D eigenvalue weighted by molar-refractivity contribution is 0.102. The smallest absolute Gasteiger partial charge is 0.275 e. The maximum Gasteiger partial charge on any atom is 0.275 e. The first kappa shape index (κ1) is 14.3. The number of nitrogens with zero attached hydrogens (tertiary/aromatic N) is 2. The van der Waals surface area contributed by atoms with E-state index in [2.05, 4.69) is 10.3 Å². The van der Waals surface area contributed by atoms with Gasteiger partial charge in [-0.1, -0.05) is 18.2 Å². The third-order valence-corrected chi connectivity index (χ3v) is 4.21. The zero-order valence-electron chi connectivity index (χ0n) is 11.7. The average molecular weight is 315 g/mol. The number of fused-ring (bicyclic) bond motifs is 1. The van der Waals surface area contributed by atoms with Crippen molar-refractivity contribution in [1.29, 1.82) is 0 Å². The lowest BCUT2D eigenvalue weighted by Gasteiger charge is -2.01. The third kappa shape index (κ3) is 2.84. The summed E-state index contributed by atoms with van der Waals surface area (Å²) in [6.45, 7) is 0. The maximum absolute atomic E-state index is 12.2. The summed E-state index contributed by atoms with van der Waals surface area (Å²) in [4.78, 5) is 16.5.